The maximum absolute atomic E-state index is 14.0. The van der Waals surface area contributed by atoms with Crippen LogP contribution in [0.1, 0.15) is 16.4 Å². The van der Waals surface area contributed by atoms with E-state index in [4.69, 9.17) is 21.1 Å². The molecule has 3 heterocycles. The highest BCUT2D eigenvalue weighted by Crippen LogP contribution is 2.54. The maximum atomic E-state index is 14.0. The van der Waals surface area contributed by atoms with Crippen molar-refractivity contribution in [3.05, 3.63) is 97.9 Å². The minimum atomic E-state index is -0.794. The number of anilines is 2. The number of halogens is 1. The van der Waals surface area contributed by atoms with E-state index in [1.54, 1.807) is 74.9 Å². The molecule has 9 nitrogen and oxygen atoms in total. The Bertz CT molecular complexity index is 1730. The van der Waals surface area contributed by atoms with Crippen molar-refractivity contribution in [2.24, 2.45) is 5.92 Å². The number of thioether (sulfide) groups is 1. The van der Waals surface area contributed by atoms with Crippen molar-refractivity contribution in [2.75, 3.05) is 24.4 Å². The summed E-state index contributed by atoms with van der Waals surface area (Å²) in [6.45, 7) is -0.251. The molecule has 3 atom stereocenters. The van der Waals surface area contributed by atoms with Gasteiger partial charge < -0.3 is 14.8 Å². The predicted molar refractivity (Wildman–Crippen MR) is 162 cm³/mol. The Hall–Kier alpha value is -4.06. The SMILES string of the molecule is COc1ccc(NC(=O)Cn2c3c(sc2=O)[C@@H](c2ccc(OC)cc2)C2C(=O)N(c4ccc(Cl)cc4)C(=O)C2S3)cc1. The molecule has 214 valence electrons. The topological polar surface area (TPSA) is 107 Å². The molecule has 2 unspecified atom stereocenters. The number of nitrogens with one attached hydrogen (secondary N) is 1. The molecular weight excluding hydrogens is 598 g/mol. The number of methoxy groups -OCH3 is 2. The molecule has 3 aromatic carbocycles. The van der Waals surface area contributed by atoms with Crippen LogP contribution in [0.15, 0.2) is 82.6 Å². The van der Waals surface area contributed by atoms with E-state index in [-0.39, 0.29) is 23.2 Å². The zero-order valence-electron chi connectivity index (χ0n) is 22.4. The second-order valence-electron chi connectivity index (χ2n) is 9.70. The highest BCUT2D eigenvalue weighted by atomic mass is 35.5. The third-order valence-corrected chi connectivity index (χ3v) is 10.1. The molecule has 1 N–H and O–H groups in total. The van der Waals surface area contributed by atoms with E-state index in [2.05, 4.69) is 5.32 Å². The van der Waals surface area contributed by atoms with Gasteiger partial charge in [0, 0.05) is 21.5 Å². The van der Waals surface area contributed by atoms with Crippen LogP contribution in [0.5, 0.6) is 11.5 Å². The van der Waals surface area contributed by atoms with Crippen LogP contribution in [-0.4, -0.2) is 41.8 Å². The van der Waals surface area contributed by atoms with Gasteiger partial charge in [-0.3, -0.25) is 23.7 Å². The molecule has 0 bridgehead atoms. The monoisotopic (exact) mass is 621 g/mol. The highest BCUT2D eigenvalue weighted by Gasteiger charge is 2.56. The summed E-state index contributed by atoms with van der Waals surface area (Å²) in [5.74, 6) is -1.17. The van der Waals surface area contributed by atoms with Crippen molar-refractivity contribution in [1.82, 2.24) is 4.57 Å². The van der Waals surface area contributed by atoms with Crippen LogP contribution >= 0.6 is 34.7 Å². The third kappa shape index (κ3) is 4.97. The lowest BCUT2D eigenvalue weighted by Gasteiger charge is -2.30. The number of thiazole rings is 1. The van der Waals surface area contributed by atoms with Crippen LogP contribution in [0.2, 0.25) is 5.02 Å². The van der Waals surface area contributed by atoms with Gasteiger partial charge in [-0.25, -0.2) is 4.90 Å². The molecule has 6 rings (SSSR count). The lowest BCUT2D eigenvalue weighted by Crippen LogP contribution is -2.33. The van der Waals surface area contributed by atoms with Gasteiger partial charge in [0.2, 0.25) is 17.7 Å². The standard InChI is InChI=1S/C30H24ClN3O6S2/c1-39-20-11-3-16(4-12-20)23-24-25(28(37)34(27(24)36)19-9-5-17(31)6-10-19)41-29-26(23)42-30(38)33(29)15-22(35)32-18-7-13-21(40-2)14-8-18/h3-14,23-25H,15H2,1-2H3,(H,32,35)/t23-,24?,25?/m0/s1. The van der Waals surface area contributed by atoms with Gasteiger partial charge in [-0.15, -0.1) is 0 Å². The zero-order valence-corrected chi connectivity index (χ0v) is 24.8. The van der Waals surface area contributed by atoms with Gasteiger partial charge in [0.15, 0.2) is 0 Å². The zero-order chi connectivity index (χ0) is 29.5. The van der Waals surface area contributed by atoms with E-state index in [1.165, 1.54) is 9.47 Å². The molecule has 2 aliphatic heterocycles. The smallest absolute Gasteiger partial charge is 0.308 e. The number of carbonyl (C=O) groups excluding carboxylic acids is 3. The lowest BCUT2D eigenvalue weighted by atomic mass is 9.83. The van der Waals surface area contributed by atoms with Crippen molar-refractivity contribution >= 4 is 63.8 Å². The number of aromatic nitrogens is 1. The van der Waals surface area contributed by atoms with E-state index in [9.17, 15) is 19.2 Å². The molecule has 0 spiro atoms. The molecule has 1 aromatic heterocycles. The summed E-state index contributed by atoms with van der Waals surface area (Å²) in [4.78, 5) is 55.6. The van der Waals surface area contributed by atoms with Gasteiger partial charge in [0.05, 0.1) is 30.9 Å². The molecule has 4 aromatic rings. The van der Waals surface area contributed by atoms with Crippen molar-refractivity contribution in [1.29, 1.82) is 0 Å². The quantitative estimate of drug-likeness (QED) is 0.289. The Morgan fingerprint density at radius 1 is 0.881 bits per heavy atom. The lowest BCUT2D eigenvalue weighted by molar-refractivity contribution is -0.122. The summed E-state index contributed by atoms with van der Waals surface area (Å²) in [5, 5.41) is 3.01. The highest BCUT2D eigenvalue weighted by molar-refractivity contribution is 8.00. The fraction of sp³-hybridized carbons (Fsp3) is 0.200. The number of rotatable bonds is 7. The fourth-order valence-electron chi connectivity index (χ4n) is 5.29. The molecule has 42 heavy (non-hydrogen) atoms. The number of nitrogens with zero attached hydrogens (tertiary/aromatic N) is 2. The largest absolute Gasteiger partial charge is 0.497 e. The van der Waals surface area contributed by atoms with Crippen molar-refractivity contribution in [2.45, 2.75) is 22.7 Å². The number of fused-ring (bicyclic) bond motifs is 2. The van der Waals surface area contributed by atoms with Gasteiger partial charge in [-0.1, -0.05) is 46.8 Å². The molecule has 0 radical (unpaired) electrons. The summed E-state index contributed by atoms with van der Waals surface area (Å²) >= 11 is 8.21. The van der Waals surface area contributed by atoms with Crippen LogP contribution in [0.4, 0.5) is 11.4 Å². The summed E-state index contributed by atoms with van der Waals surface area (Å²) in [7, 11) is 3.12. The van der Waals surface area contributed by atoms with Crippen LogP contribution in [0, 0.1) is 5.92 Å². The number of amides is 3. The van der Waals surface area contributed by atoms with Gasteiger partial charge in [-0.2, -0.15) is 0 Å². The number of hydrogen-bond acceptors (Lipinski definition) is 8. The molecular formula is C30H24ClN3O6S2. The minimum Gasteiger partial charge on any atom is -0.497 e. The Morgan fingerprint density at radius 2 is 1.50 bits per heavy atom. The molecule has 2 aliphatic rings. The summed E-state index contributed by atoms with van der Waals surface area (Å²) in [6.07, 6.45) is 0. The molecule has 0 aliphatic carbocycles. The van der Waals surface area contributed by atoms with Crippen LogP contribution in [0.3, 0.4) is 0 Å². The van der Waals surface area contributed by atoms with Gasteiger partial charge >= 0.3 is 4.87 Å². The molecule has 1 saturated heterocycles. The molecule has 0 saturated carbocycles. The second-order valence-corrected chi connectivity index (χ2v) is 12.3. The molecule has 3 amide bonds. The average molecular weight is 622 g/mol. The van der Waals surface area contributed by atoms with Crippen molar-refractivity contribution < 1.29 is 23.9 Å². The first kappa shape index (κ1) is 28.1. The van der Waals surface area contributed by atoms with E-state index < -0.39 is 23.0 Å². The number of hydrogen-bond donors (Lipinski definition) is 1. The summed E-state index contributed by atoms with van der Waals surface area (Å²) < 4.78 is 11.9. The first-order valence-corrected chi connectivity index (χ1v) is 15.0. The number of ether oxygens (including phenoxy) is 2. The van der Waals surface area contributed by atoms with E-state index in [0.29, 0.717) is 37.8 Å². The Labute approximate surface area is 254 Å². The van der Waals surface area contributed by atoms with Gasteiger partial charge in [0.1, 0.15) is 23.3 Å². The Morgan fingerprint density at radius 3 is 2.12 bits per heavy atom. The van der Waals surface area contributed by atoms with Crippen LogP contribution < -0.4 is 24.6 Å². The van der Waals surface area contributed by atoms with Crippen LogP contribution in [-0.2, 0) is 20.9 Å². The maximum Gasteiger partial charge on any atom is 0.308 e. The van der Waals surface area contributed by atoms with E-state index in [0.717, 1.165) is 28.7 Å². The predicted octanol–water partition coefficient (Wildman–Crippen LogP) is 5.01. The van der Waals surface area contributed by atoms with E-state index in [1.807, 2.05) is 12.1 Å². The fourth-order valence-corrected chi connectivity index (χ4v) is 8.19. The van der Waals surface area contributed by atoms with Crippen molar-refractivity contribution in [3.8, 4) is 11.5 Å². The first-order valence-electron chi connectivity index (χ1n) is 12.9. The number of imide groups is 1. The normalized spacial score (nSPS) is 19.3. The molecule has 1 fully saturated rings. The summed E-state index contributed by atoms with van der Waals surface area (Å²) in [5.41, 5.74) is 1.75. The third-order valence-electron chi connectivity index (χ3n) is 7.28. The van der Waals surface area contributed by atoms with Crippen molar-refractivity contribution in [3.63, 3.8) is 0 Å². The van der Waals surface area contributed by atoms with E-state index >= 15 is 0 Å². The first-order chi connectivity index (χ1) is 20.3. The van der Waals surface area contributed by atoms with Gasteiger partial charge in [-0.05, 0) is 66.2 Å². The Balaban J connectivity index is 1.38. The second kappa shape index (κ2) is 11.3. The minimum absolute atomic E-state index is 0.251. The van der Waals surface area contributed by atoms with Crippen LogP contribution in [0.25, 0.3) is 0 Å². The number of benzene rings is 3. The summed E-state index contributed by atoms with van der Waals surface area (Å²) in [6, 6.07) is 20.6. The average Bonchev–Trinajstić information content (AvgIpc) is 3.44. The van der Waals surface area contributed by atoms with Gasteiger partial charge in [0.25, 0.3) is 0 Å². The Kier molecular flexibility index (Phi) is 7.56. The molecule has 12 heteroatoms. The number of carbonyl (C=O) groups is 3.